The van der Waals surface area contributed by atoms with Gasteiger partial charge in [0.25, 0.3) is 0 Å². The lowest BCUT2D eigenvalue weighted by Crippen LogP contribution is -2.36. The summed E-state index contributed by atoms with van der Waals surface area (Å²) in [6, 6.07) is 12.3. The standard InChI is InChI=1S/C20H20N4O2/c1-2-7-21-16(3-1)20-19-15(22-13-23-19)6-8-24(20)12-14-4-5-17-18(11-14)26-10-9-25-17/h1-5,7,11,13,20H,6,8-10,12H2,(H,22,23). The van der Waals surface area contributed by atoms with Crippen molar-refractivity contribution in [2.45, 2.75) is 19.0 Å². The molecule has 4 heterocycles. The molecule has 0 radical (unpaired) electrons. The first kappa shape index (κ1) is 15.4. The molecule has 26 heavy (non-hydrogen) atoms. The smallest absolute Gasteiger partial charge is 0.161 e. The molecule has 132 valence electrons. The zero-order valence-corrected chi connectivity index (χ0v) is 14.4. The quantitative estimate of drug-likeness (QED) is 0.788. The molecule has 1 unspecified atom stereocenters. The van der Waals surface area contributed by atoms with Crippen LogP contribution in [0.15, 0.2) is 48.9 Å². The van der Waals surface area contributed by atoms with Crippen LogP contribution in [-0.4, -0.2) is 39.6 Å². The fourth-order valence-electron chi connectivity index (χ4n) is 3.78. The van der Waals surface area contributed by atoms with Crippen LogP contribution in [0.2, 0.25) is 0 Å². The number of fused-ring (bicyclic) bond motifs is 2. The average molecular weight is 348 g/mol. The molecule has 1 aromatic carbocycles. The lowest BCUT2D eigenvalue weighted by Gasteiger charge is -2.34. The van der Waals surface area contributed by atoms with Crippen LogP contribution in [0, 0.1) is 0 Å². The number of hydrogen-bond acceptors (Lipinski definition) is 5. The van der Waals surface area contributed by atoms with Crippen molar-refractivity contribution >= 4 is 0 Å². The van der Waals surface area contributed by atoms with E-state index in [4.69, 9.17) is 9.47 Å². The van der Waals surface area contributed by atoms with Gasteiger partial charge in [-0.1, -0.05) is 12.1 Å². The summed E-state index contributed by atoms with van der Waals surface area (Å²) in [5.74, 6) is 1.66. The average Bonchev–Trinajstić information content (AvgIpc) is 3.17. The normalized spacial score (nSPS) is 19.2. The van der Waals surface area contributed by atoms with E-state index in [1.165, 1.54) is 11.3 Å². The van der Waals surface area contributed by atoms with Gasteiger partial charge in [-0.2, -0.15) is 0 Å². The monoisotopic (exact) mass is 348 g/mol. The van der Waals surface area contributed by atoms with E-state index in [1.54, 1.807) is 6.33 Å². The number of ether oxygens (including phenoxy) is 2. The Hall–Kier alpha value is -2.86. The summed E-state index contributed by atoms with van der Waals surface area (Å²) in [4.78, 5) is 14.9. The Balaban J connectivity index is 1.48. The van der Waals surface area contributed by atoms with Crippen molar-refractivity contribution in [3.63, 3.8) is 0 Å². The Morgan fingerprint density at radius 2 is 2.00 bits per heavy atom. The van der Waals surface area contributed by atoms with Gasteiger partial charge in [0.2, 0.25) is 0 Å². The zero-order valence-electron chi connectivity index (χ0n) is 14.4. The summed E-state index contributed by atoms with van der Waals surface area (Å²) in [5.41, 5.74) is 4.51. The Kier molecular flexibility index (Phi) is 3.83. The molecule has 2 aliphatic heterocycles. The van der Waals surface area contributed by atoms with Crippen molar-refractivity contribution in [3.05, 3.63) is 71.6 Å². The Labute approximate surface area is 151 Å². The van der Waals surface area contributed by atoms with Gasteiger partial charge in [0.05, 0.1) is 23.8 Å². The molecule has 0 saturated heterocycles. The van der Waals surface area contributed by atoms with Crippen LogP contribution in [0.1, 0.15) is 28.7 Å². The second-order valence-electron chi connectivity index (χ2n) is 6.62. The first-order valence-electron chi connectivity index (χ1n) is 8.94. The van der Waals surface area contributed by atoms with Gasteiger partial charge >= 0.3 is 0 Å². The highest BCUT2D eigenvalue weighted by atomic mass is 16.6. The number of aromatic amines is 1. The Bertz CT molecular complexity index is 909. The minimum atomic E-state index is 0.0550. The third kappa shape index (κ3) is 2.72. The fourth-order valence-corrected chi connectivity index (χ4v) is 3.78. The van der Waals surface area contributed by atoms with E-state index in [2.05, 4.69) is 38.1 Å². The van der Waals surface area contributed by atoms with Crippen LogP contribution in [0.3, 0.4) is 0 Å². The van der Waals surface area contributed by atoms with Crippen LogP contribution in [0.4, 0.5) is 0 Å². The van der Waals surface area contributed by atoms with Gasteiger partial charge in [0.1, 0.15) is 13.2 Å². The fraction of sp³-hybridized carbons (Fsp3) is 0.300. The zero-order chi connectivity index (χ0) is 17.3. The summed E-state index contributed by atoms with van der Waals surface area (Å²) in [5, 5.41) is 0. The minimum absolute atomic E-state index is 0.0550. The summed E-state index contributed by atoms with van der Waals surface area (Å²) in [6.45, 7) is 2.98. The number of H-pyrrole nitrogens is 1. The van der Waals surface area contributed by atoms with Crippen molar-refractivity contribution in [3.8, 4) is 11.5 Å². The molecule has 6 heteroatoms. The summed E-state index contributed by atoms with van der Waals surface area (Å²) < 4.78 is 11.4. The lowest BCUT2D eigenvalue weighted by molar-refractivity contribution is 0.170. The van der Waals surface area contributed by atoms with Crippen LogP contribution < -0.4 is 9.47 Å². The SMILES string of the molecule is c1ccc(C2c3nc[nH]c3CCN2Cc2ccc3c(c2)OCCO3)nc1. The van der Waals surface area contributed by atoms with Crippen LogP contribution in [0.5, 0.6) is 11.5 Å². The molecule has 6 nitrogen and oxygen atoms in total. The highest BCUT2D eigenvalue weighted by Gasteiger charge is 2.32. The van der Waals surface area contributed by atoms with Crippen LogP contribution in [0.25, 0.3) is 0 Å². The van der Waals surface area contributed by atoms with Crippen molar-refractivity contribution in [1.29, 1.82) is 0 Å². The van der Waals surface area contributed by atoms with Crippen molar-refractivity contribution in [1.82, 2.24) is 19.9 Å². The molecule has 0 amide bonds. The molecular formula is C20H20N4O2. The number of benzene rings is 1. The van der Waals surface area contributed by atoms with Crippen molar-refractivity contribution < 1.29 is 9.47 Å². The van der Waals surface area contributed by atoms with Gasteiger partial charge in [-0.15, -0.1) is 0 Å². The van der Waals surface area contributed by atoms with E-state index in [-0.39, 0.29) is 6.04 Å². The van der Waals surface area contributed by atoms with Gasteiger partial charge in [-0.05, 0) is 29.8 Å². The number of hydrogen-bond donors (Lipinski definition) is 1. The summed E-state index contributed by atoms with van der Waals surface area (Å²) >= 11 is 0. The molecule has 5 rings (SSSR count). The number of aromatic nitrogens is 3. The van der Waals surface area contributed by atoms with Gasteiger partial charge in [0, 0.05) is 31.4 Å². The Morgan fingerprint density at radius 3 is 2.88 bits per heavy atom. The maximum absolute atomic E-state index is 5.74. The molecule has 3 aromatic rings. The predicted octanol–water partition coefficient (Wildman–Crippen LogP) is 2.72. The van der Waals surface area contributed by atoms with Crippen LogP contribution >= 0.6 is 0 Å². The predicted molar refractivity (Wildman–Crippen MR) is 96.2 cm³/mol. The van der Waals surface area contributed by atoms with Gasteiger partial charge in [-0.3, -0.25) is 9.88 Å². The van der Waals surface area contributed by atoms with Gasteiger partial charge < -0.3 is 14.5 Å². The molecular weight excluding hydrogens is 328 g/mol. The van der Waals surface area contributed by atoms with E-state index in [9.17, 15) is 0 Å². The largest absolute Gasteiger partial charge is 0.486 e. The van der Waals surface area contributed by atoms with E-state index in [0.717, 1.165) is 42.4 Å². The van der Waals surface area contributed by atoms with E-state index >= 15 is 0 Å². The molecule has 0 aliphatic carbocycles. The summed E-state index contributed by atoms with van der Waals surface area (Å²) in [6.07, 6.45) is 4.59. The topological polar surface area (TPSA) is 63.3 Å². The maximum Gasteiger partial charge on any atom is 0.161 e. The second kappa shape index (κ2) is 6.46. The number of imidazole rings is 1. The molecule has 1 N–H and O–H groups in total. The minimum Gasteiger partial charge on any atom is -0.486 e. The van der Waals surface area contributed by atoms with Crippen molar-refractivity contribution in [2.24, 2.45) is 0 Å². The Morgan fingerprint density at radius 1 is 1.08 bits per heavy atom. The molecule has 0 spiro atoms. The second-order valence-corrected chi connectivity index (χ2v) is 6.62. The molecule has 2 aliphatic rings. The molecule has 0 saturated carbocycles. The highest BCUT2D eigenvalue weighted by molar-refractivity contribution is 5.44. The highest BCUT2D eigenvalue weighted by Crippen LogP contribution is 2.35. The molecule has 1 atom stereocenters. The third-order valence-corrected chi connectivity index (χ3v) is 4.98. The first-order valence-corrected chi connectivity index (χ1v) is 8.94. The van der Waals surface area contributed by atoms with E-state index in [0.29, 0.717) is 13.2 Å². The van der Waals surface area contributed by atoms with Gasteiger partial charge in [0.15, 0.2) is 11.5 Å². The van der Waals surface area contributed by atoms with Crippen LogP contribution in [-0.2, 0) is 13.0 Å². The third-order valence-electron chi connectivity index (χ3n) is 4.98. The first-order chi connectivity index (χ1) is 12.9. The van der Waals surface area contributed by atoms with Crippen molar-refractivity contribution in [2.75, 3.05) is 19.8 Å². The maximum atomic E-state index is 5.74. The molecule has 0 fully saturated rings. The number of nitrogens with zero attached hydrogens (tertiary/aromatic N) is 3. The lowest BCUT2D eigenvalue weighted by atomic mass is 9.98. The number of nitrogens with one attached hydrogen (secondary N) is 1. The number of pyridine rings is 1. The molecule has 0 bridgehead atoms. The summed E-state index contributed by atoms with van der Waals surface area (Å²) in [7, 11) is 0. The molecule has 2 aromatic heterocycles. The van der Waals surface area contributed by atoms with E-state index in [1.807, 2.05) is 24.4 Å². The van der Waals surface area contributed by atoms with Gasteiger partial charge in [-0.25, -0.2) is 4.98 Å². The number of rotatable bonds is 3. The van der Waals surface area contributed by atoms with E-state index < -0.39 is 0 Å².